The zero-order chi connectivity index (χ0) is 17.3. The average Bonchev–Trinajstić information content (AvgIpc) is 2.69. The fraction of sp³-hybridized carbons (Fsp3) is 0.450. The summed E-state index contributed by atoms with van der Waals surface area (Å²) in [5.41, 5.74) is 0.702. The van der Waals surface area contributed by atoms with Crippen LogP contribution in [0.15, 0.2) is 48.8 Å². The Bertz CT molecular complexity index is 737. The summed E-state index contributed by atoms with van der Waals surface area (Å²) in [7, 11) is 0. The van der Waals surface area contributed by atoms with Gasteiger partial charge in [-0.15, -0.1) is 0 Å². The van der Waals surface area contributed by atoms with Crippen LogP contribution in [0, 0.1) is 5.92 Å². The molecule has 1 aromatic carbocycles. The number of likely N-dealkylation sites (tertiary alicyclic amines) is 1. The first-order valence-corrected chi connectivity index (χ1v) is 9.06. The van der Waals surface area contributed by atoms with Crippen molar-refractivity contribution < 1.29 is 9.90 Å². The second-order valence-corrected chi connectivity index (χ2v) is 7.13. The van der Waals surface area contributed by atoms with Crippen molar-refractivity contribution in [1.82, 2.24) is 15.1 Å². The monoisotopic (exact) mass is 337 g/mol. The second-order valence-electron chi connectivity index (χ2n) is 7.13. The molecule has 130 valence electrons. The molecule has 2 aromatic rings. The first kappa shape index (κ1) is 16.2. The van der Waals surface area contributed by atoms with Crippen LogP contribution in [0.5, 0.6) is 0 Å². The third-order valence-electron chi connectivity index (χ3n) is 5.84. The zero-order valence-corrected chi connectivity index (χ0v) is 14.2. The van der Waals surface area contributed by atoms with E-state index in [2.05, 4.69) is 10.2 Å². The molecule has 2 heterocycles. The van der Waals surface area contributed by atoms with Gasteiger partial charge >= 0.3 is 0 Å². The number of hydrogen-bond acceptors (Lipinski definition) is 4. The molecule has 3 atom stereocenters. The quantitative estimate of drug-likeness (QED) is 0.915. The molecule has 2 fully saturated rings. The number of rotatable bonds is 2. The minimum Gasteiger partial charge on any atom is -0.385 e. The fourth-order valence-electron chi connectivity index (χ4n) is 4.60. The van der Waals surface area contributed by atoms with Crippen molar-refractivity contribution in [2.24, 2.45) is 5.92 Å². The summed E-state index contributed by atoms with van der Waals surface area (Å²) >= 11 is 0. The number of carbonyl (C=O) groups is 1. The lowest BCUT2D eigenvalue weighted by molar-refractivity contribution is -0.110. The highest BCUT2D eigenvalue weighted by Crippen LogP contribution is 2.47. The van der Waals surface area contributed by atoms with Gasteiger partial charge in [0.2, 0.25) is 0 Å². The maximum atomic E-state index is 13.0. The third-order valence-corrected chi connectivity index (χ3v) is 5.84. The van der Waals surface area contributed by atoms with Crippen LogP contribution in [0.4, 0.5) is 0 Å². The number of carbonyl (C=O) groups excluding carboxylic acids is 1. The van der Waals surface area contributed by atoms with E-state index in [0.29, 0.717) is 18.5 Å². The molecule has 1 saturated carbocycles. The summed E-state index contributed by atoms with van der Waals surface area (Å²) in [5.74, 6) is 0.0815. The highest BCUT2D eigenvalue weighted by atomic mass is 16.3. The number of amides is 1. The molecule has 1 aromatic heterocycles. The smallest absolute Gasteiger partial charge is 0.255 e. The van der Waals surface area contributed by atoms with Crippen LogP contribution in [-0.2, 0) is 5.60 Å². The van der Waals surface area contributed by atoms with Crippen molar-refractivity contribution in [3.05, 3.63) is 59.9 Å². The minimum atomic E-state index is -0.848. The second kappa shape index (κ2) is 6.56. The van der Waals surface area contributed by atoms with Gasteiger partial charge in [-0.25, -0.2) is 0 Å². The maximum Gasteiger partial charge on any atom is 0.255 e. The van der Waals surface area contributed by atoms with E-state index >= 15 is 0 Å². The lowest BCUT2D eigenvalue weighted by Gasteiger charge is -2.52. The highest BCUT2D eigenvalue weighted by Gasteiger charge is 2.50. The Labute approximate surface area is 147 Å². The van der Waals surface area contributed by atoms with Crippen LogP contribution < -0.4 is 0 Å². The SMILES string of the molecule is O=C(c1ccnnc1)N1CC[C@@](O)(c2ccccc2)[C@@H]2CCCCC21. The van der Waals surface area contributed by atoms with Crippen molar-refractivity contribution >= 4 is 5.91 Å². The van der Waals surface area contributed by atoms with E-state index in [9.17, 15) is 9.90 Å². The molecule has 4 rings (SSSR count). The normalized spacial score (nSPS) is 29.1. The maximum absolute atomic E-state index is 13.0. The molecule has 1 N–H and O–H groups in total. The molecule has 0 bridgehead atoms. The van der Waals surface area contributed by atoms with Gasteiger partial charge in [-0.3, -0.25) is 4.79 Å². The zero-order valence-electron chi connectivity index (χ0n) is 14.2. The minimum absolute atomic E-state index is 0.00177. The largest absolute Gasteiger partial charge is 0.385 e. The number of benzene rings is 1. The van der Waals surface area contributed by atoms with Gasteiger partial charge in [0, 0.05) is 18.5 Å². The number of nitrogens with zero attached hydrogens (tertiary/aromatic N) is 3. The van der Waals surface area contributed by atoms with E-state index in [-0.39, 0.29) is 17.9 Å². The molecule has 1 amide bonds. The molecule has 0 radical (unpaired) electrons. The summed E-state index contributed by atoms with van der Waals surface area (Å²) in [4.78, 5) is 14.9. The van der Waals surface area contributed by atoms with Gasteiger partial charge in [-0.2, -0.15) is 10.2 Å². The molecule has 5 heteroatoms. The molecular formula is C20H23N3O2. The molecule has 1 aliphatic heterocycles. The van der Waals surface area contributed by atoms with E-state index in [1.165, 1.54) is 6.20 Å². The van der Waals surface area contributed by atoms with Crippen molar-refractivity contribution in [2.75, 3.05) is 6.54 Å². The van der Waals surface area contributed by atoms with Crippen molar-refractivity contribution in [3.63, 3.8) is 0 Å². The van der Waals surface area contributed by atoms with Crippen molar-refractivity contribution in [2.45, 2.75) is 43.7 Å². The Morgan fingerprint density at radius 2 is 1.92 bits per heavy atom. The lowest BCUT2D eigenvalue weighted by atomic mass is 9.66. The molecular weight excluding hydrogens is 314 g/mol. The predicted molar refractivity (Wildman–Crippen MR) is 93.8 cm³/mol. The summed E-state index contributed by atoms with van der Waals surface area (Å²) < 4.78 is 0. The number of aliphatic hydroxyl groups is 1. The van der Waals surface area contributed by atoms with Crippen LogP contribution in [-0.4, -0.2) is 38.7 Å². The Morgan fingerprint density at radius 1 is 1.12 bits per heavy atom. The van der Waals surface area contributed by atoms with Crippen molar-refractivity contribution in [1.29, 1.82) is 0 Å². The summed E-state index contributed by atoms with van der Waals surface area (Å²) in [6.07, 6.45) is 7.76. The number of piperidine rings is 1. The lowest BCUT2D eigenvalue weighted by Crippen LogP contribution is -2.59. The van der Waals surface area contributed by atoms with E-state index in [1.54, 1.807) is 12.3 Å². The molecule has 0 spiro atoms. The Morgan fingerprint density at radius 3 is 2.68 bits per heavy atom. The van der Waals surface area contributed by atoms with Gasteiger partial charge in [-0.1, -0.05) is 43.2 Å². The first-order valence-electron chi connectivity index (χ1n) is 9.06. The van der Waals surface area contributed by atoms with Crippen molar-refractivity contribution in [3.8, 4) is 0 Å². The van der Waals surface area contributed by atoms with Crippen LogP contribution in [0.2, 0.25) is 0 Å². The third kappa shape index (κ3) is 2.82. The fourth-order valence-corrected chi connectivity index (χ4v) is 4.60. The van der Waals surface area contributed by atoms with Gasteiger partial charge in [0.1, 0.15) is 0 Å². The Hall–Kier alpha value is -2.27. The Kier molecular flexibility index (Phi) is 4.25. The topological polar surface area (TPSA) is 66.3 Å². The van der Waals surface area contributed by atoms with Gasteiger partial charge in [0.15, 0.2) is 0 Å². The van der Waals surface area contributed by atoms with Gasteiger partial charge in [0.05, 0.1) is 23.6 Å². The molecule has 1 aliphatic carbocycles. The van der Waals surface area contributed by atoms with Crippen LogP contribution >= 0.6 is 0 Å². The van der Waals surface area contributed by atoms with Gasteiger partial charge in [-0.05, 0) is 30.9 Å². The summed E-state index contributed by atoms with van der Waals surface area (Å²) in [5, 5.41) is 19.1. The molecule has 2 aliphatic rings. The average molecular weight is 337 g/mol. The number of hydrogen-bond donors (Lipinski definition) is 1. The van der Waals surface area contributed by atoms with Crippen LogP contribution in [0.25, 0.3) is 0 Å². The molecule has 1 unspecified atom stereocenters. The van der Waals surface area contributed by atoms with Crippen LogP contribution in [0.3, 0.4) is 0 Å². The molecule has 5 nitrogen and oxygen atoms in total. The van der Waals surface area contributed by atoms with Crippen LogP contribution in [0.1, 0.15) is 48.0 Å². The highest BCUT2D eigenvalue weighted by molar-refractivity contribution is 5.94. The Balaban J connectivity index is 1.66. The molecule has 25 heavy (non-hydrogen) atoms. The summed E-state index contributed by atoms with van der Waals surface area (Å²) in [6, 6.07) is 11.7. The summed E-state index contributed by atoms with van der Waals surface area (Å²) in [6.45, 7) is 0.563. The predicted octanol–water partition coefficient (Wildman–Crippen LogP) is 2.77. The first-order chi connectivity index (χ1) is 12.2. The van der Waals surface area contributed by atoms with Gasteiger partial charge in [0.25, 0.3) is 5.91 Å². The molecule has 1 saturated heterocycles. The van der Waals surface area contributed by atoms with E-state index in [0.717, 1.165) is 31.2 Å². The number of aromatic nitrogens is 2. The van der Waals surface area contributed by atoms with E-state index < -0.39 is 5.60 Å². The van der Waals surface area contributed by atoms with E-state index in [4.69, 9.17) is 0 Å². The van der Waals surface area contributed by atoms with Gasteiger partial charge < -0.3 is 10.0 Å². The standard InChI is InChI=1S/C20H23N3O2/c24-19(15-10-12-21-22-14-15)23-13-11-20(25,16-6-2-1-3-7-16)17-8-4-5-9-18(17)23/h1-3,6-7,10,12,14,17-18,25H,4-5,8-9,11,13H2/t17-,18?,20-/m1/s1. The van der Waals surface area contributed by atoms with E-state index in [1.807, 2.05) is 35.2 Å². The number of fused-ring (bicyclic) bond motifs is 1.